The maximum absolute atomic E-state index is 12.6. The number of benzene rings is 2. The zero-order valence-corrected chi connectivity index (χ0v) is 16.0. The maximum Gasteiger partial charge on any atom is 0.253 e. The van der Waals surface area contributed by atoms with Crippen molar-refractivity contribution in [3.05, 3.63) is 82.5 Å². The lowest BCUT2D eigenvalue weighted by Crippen LogP contribution is -2.31. The fraction of sp³-hybridized carbons (Fsp3) is 0.182. The molecule has 2 aromatic heterocycles. The van der Waals surface area contributed by atoms with Crippen LogP contribution in [0.1, 0.15) is 23.0 Å². The van der Waals surface area contributed by atoms with E-state index in [2.05, 4.69) is 15.5 Å². The standard InChI is InChI=1S/C22H20N4O3/c1-2-17-13-20(27)26(14-24-17)11-10-23-22(28)16-8-9-19-18(12-16)21(29-25-19)15-6-4-3-5-7-15/h3-9,12-14H,2,10-11H2,1H3,(H,23,28). The van der Waals surface area contributed by atoms with Crippen LogP contribution in [-0.2, 0) is 13.0 Å². The van der Waals surface area contributed by atoms with Gasteiger partial charge in [0.15, 0.2) is 5.76 Å². The molecule has 7 heteroatoms. The Morgan fingerprint density at radius 2 is 1.97 bits per heavy atom. The van der Waals surface area contributed by atoms with E-state index >= 15 is 0 Å². The fourth-order valence-corrected chi connectivity index (χ4v) is 3.10. The van der Waals surface area contributed by atoms with Crippen LogP contribution in [0.3, 0.4) is 0 Å². The second-order valence-corrected chi connectivity index (χ2v) is 6.63. The van der Waals surface area contributed by atoms with Crippen LogP contribution >= 0.6 is 0 Å². The first kappa shape index (κ1) is 18.6. The van der Waals surface area contributed by atoms with Crippen LogP contribution in [0, 0.1) is 0 Å². The Morgan fingerprint density at radius 3 is 2.72 bits per heavy atom. The fourth-order valence-electron chi connectivity index (χ4n) is 3.10. The Bertz CT molecular complexity index is 1210. The van der Waals surface area contributed by atoms with Gasteiger partial charge in [0.25, 0.3) is 11.5 Å². The maximum atomic E-state index is 12.6. The van der Waals surface area contributed by atoms with Crippen LogP contribution in [0.4, 0.5) is 0 Å². The van der Waals surface area contributed by atoms with Crippen molar-refractivity contribution in [2.75, 3.05) is 6.54 Å². The van der Waals surface area contributed by atoms with Crippen LogP contribution in [-0.4, -0.2) is 27.2 Å². The molecule has 0 saturated carbocycles. The molecule has 146 valence electrons. The van der Waals surface area contributed by atoms with E-state index in [9.17, 15) is 9.59 Å². The number of carbonyl (C=O) groups excluding carboxylic acids is 1. The number of rotatable bonds is 6. The molecule has 4 rings (SSSR count). The smallest absolute Gasteiger partial charge is 0.253 e. The van der Waals surface area contributed by atoms with Gasteiger partial charge >= 0.3 is 0 Å². The van der Waals surface area contributed by atoms with Crippen molar-refractivity contribution in [1.82, 2.24) is 20.0 Å². The molecule has 29 heavy (non-hydrogen) atoms. The Balaban J connectivity index is 1.48. The highest BCUT2D eigenvalue weighted by atomic mass is 16.5. The summed E-state index contributed by atoms with van der Waals surface area (Å²) in [6, 6.07) is 16.4. The molecule has 0 radical (unpaired) electrons. The van der Waals surface area contributed by atoms with E-state index in [4.69, 9.17) is 4.52 Å². The van der Waals surface area contributed by atoms with Crippen LogP contribution in [0.25, 0.3) is 22.2 Å². The van der Waals surface area contributed by atoms with Crippen molar-refractivity contribution in [3.8, 4) is 11.3 Å². The number of aryl methyl sites for hydroxylation is 1. The Kier molecular flexibility index (Phi) is 5.20. The van der Waals surface area contributed by atoms with Gasteiger partial charge in [0.05, 0.1) is 11.7 Å². The van der Waals surface area contributed by atoms with Gasteiger partial charge in [-0.05, 0) is 24.6 Å². The van der Waals surface area contributed by atoms with E-state index in [0.717, 1.165) is 16.6 Å². The van der Waals surface area contributed by atoms with Crippen molar-refractivity contribution < 1.29 is 9.32 Å². The summed E-state index contributed by atoms with van der Waals surface area (Å²) in [4.78, 5) is 28.8. The first-order chi connectivity index (χ1) is 14.2. The van der Waals surface area contributed by atoms with Crippen molar-refractivity contribution in [2.45, 2.75) is 19.9 Å². The van der Waals surface area contributed by atoms with Crippen LogP contribution in [0.2, 0.25) is 0 Å². The van der Waals surface area contributed by atoms with Crippen LogP contribution < -0.4 is 10.9 Å². The number of fused-ring (bicyclic) bond motifs is 1. The van der Waals surface area contributed by atoms with E-state index < -0.39 is 0 Å². The summed E-state index contributed by atoms with van der Waals surface area (Å²) in [7, 11) is 0. The Hall–Kier alpha value is -3.74. The minimum absolute atomic E-state index is 0.121. The molecule has 0 bridgehead atoms. The van der Waals surface area contributed by atoms with E-state index in [1.54, 1.807) is 18.2 Å². The zero-order chi connectivity index (χ0) is 20.2. The normalized spacial score (nSPS) is 10.9. The van der Waals surface area contributed by atoms with Gasteiger partial charge in [-0.15, -0.1) is 0 Å². The summed E-state index contributed by atoms with van der Waals surface area (Å²) < 4.78 is 6.96. The van der Waals surface area contributed by atoms with Crippen molar-refractivity contribution in [3.63, 3.8) is 0 Å². The third kappa shape index (κ3) is 3.94. The molecular formula is C22H20N4O3. The van der Waals surface area contributed by atoms with Gasteiger partial charge in [0.1, 0.15) is 5.52 Å². The highest BCUT2D eigenvalue weighted by Gasteiger charge is 2.14. The number of nitrogens with one attached hydrogen (secondary N) is 1. The summed E-state index contributed by atoms with van der Waals surface area (Å²) in [5.74, 6) is 0.405. The number of amides is 1. The topological polar surface area (TPSA) is 90.0 Å². The van der Waals surface area contributed by atoms with Gasteiger partial charge in [0.2, 0.25) is 0 Å². The average Bonchev–Trinajstić information content (AvgIpc) is 3.18. The molecule has 0 spiro atoms. The molecular weight excluding hydrogens is 368 g/mol. The molecule has 0 atom stereocenters. The lowest BCUT2D eigenvalue weighted by molar-refractivity contribution is 0.0952. The number of hydrogen-bond donors (Lipinski definition) is 1. The average molecular weight is 388 g/mol. The predicted molar refractivity (Wildman–Crippen MR) is 110 cm³/mol. The molecule has 7 nitrogen and oxygen atoms in total. The van der Waals surface area contributed by atoms with Gasteiger partial charge in [-0.1, -0.05) is 42.4 Å². The molecule has 0 saturated heterocycles. The third-order valence-corrected chi connectivity index (χ3v) is 4.71. The first-order valence-electron chi connectivity index (χ1n) is 9.44. The second-order valence-electron chi connectivity index (χ2n) is 6.63. The zero-order valence-electron chi connectivity index (χ0n) is 16.0. The van der Waals surface area contributed by atoms with E-state index in [-0.39, 0.29) is 11.5 Å². The molecule has 0 aliphatic rings. The SMILES string of the molecule is CCc1cc(=O)n(CCNC(=O)c2ccc3noc(-c4ccccc4)c3c2)cn1. The lowest BCUT2D eigenvalue weighted by Gasteiger charge is -2.08. The highest BCUT2D eigenvalue weighted by molar-refractivity contribution is 6.00. The summed E-state index contributed by atoms with van der Waals surface area (Å²) in [6.07, 6.45) is 2.23. The second kappa shape index (κ2) is 8.10. The van der Waals surface area contributed by atoms with Gasteiger partial charge in [-0.2, -0.15) is 0 Å². The lowest BCUT2D eigenvalue weighted by atomic mass is 10.1. The molecule has 0 aliphatic heterocycles. The number of carbonyl (C=O) groups is 1. The highest BCUT2D eigenvalue weighted by Crippen LogP contribution is 2.29. The van der Waals surface area contributed by atoms with E-state index in [1.807, 2.05) is 37.3 Å². The molecule has 0 fully saturated rings. The molecule has 0 unspecified atom stereocenters. The molecule has 1 amide bonds. The van der Waals surface area contributed by atoms with E-state index in [1.165, 1.54) is 17.0 Å². The third-order valence-electron chi connectivity index (χ3n) is 4.71. The summed E-state index contributed by atoms with van der Waals surface area (Å²) >= 11 is 0. The predicted octanol–water partition coefficient (Wildman–Crippen LogP) is 3.04. The molecule has 4 aromatic rings. The van der Waals surface area contributed by atoms with E-state index in [0.29, 0.717) is 36.4 Å². The molecule has 2 aromatic carbocycles. The first-order valence-corrected chi connectivity index (χ1v) is 9.44. The number of nitrogens with zero attached hydrogens (tertiary/aromatic N) is 3. The minimum atomic E-state index is -0.224. The van der Waals surface area contributed by atoms with Gasteiger partial charge < -0.3 is 9.84 Å². The van der Waals surface area contributed by atoms with Crippen molar-refractivity contribution in [2.24, 2.45) is 0 Å². The van der Waals surface area contributed by atoms with Crippen LogP contribution in [0.5, 0.6) is 0 Å². The summed E-state index contributed by atoms with van der Waals surface area (Å²) in [5.41, 5.74) is 2.73. The number of aromatic nitrogens is 3. The van der Waals surface area contributed by atoms with Gasteiger partial charge in [0, 0.05) is 36.0 Å². The Morgan fingerprint density at radius 1 is 1.14 bits per heavy atom. The number of hydrogen-bond acceptors (Lipinski definition) is 5. The quantitative estimate of drug-likeness (QED) is 0.548. The largest absolute Gasteiger partial charge is 0.355 e. The Labute approximate surface area is 167 Å². The van der Waals surface area contributed by atoms with Gasteiger partial charge in [-0.3, -0.25) is 14.2 Å². The molecule has 0 aliphatic carbocycles. The van der Waals surface area contributed by atoms with Crippen molar-refractivity contribution in [1.29, 1.82) is 0 Å². The molecule has 1 N–H and O–H groups in total. The summed E-state index contributed by atoms with van der Waals surface area (Å²) in [6.45, 7) is 2.62. The monoisotopic (exact) mass is 388 g/mol. The molecule has 2 heterocycles. The van der Waals surface area contributed by atoms with Gasteiger partial charge in [-0.25, -0.2) is 4.98 Å². The van der Waals surface area contributed by atoms with Crippen molar-refractivity contribution >= 4 is 16.8 Å². The summed E-state index contributed by atoms with van der Waals surface area (Å²) in [5, 5.41) is 7.69. The van der Waals surface area contributed by atoms with Crippen LogP contribution in [0.15, 0.2) is 70.2 Å². The minimum Gasteiger partial charge on any atom is -0.355 e.